The predicted molar refractivity (Wildman–Crippen MR) is 80.1 cm³/mol. The first-order valence-electron chi connectivity index (χ1n) is 6.07. The third-order valence-corrected chi connectivity index (χ3v) is 5.51. The van der Waals surface area contributed by atoms with Crippen LogP contribution in [0.4, 0.5) is 5.69 Å². The Bertz CT molecular complexity index is 635. The maximum Gasteiger partial charge on any atom is 0.242 e. The van der Waals surface area contributed by atoms with Gasteiger partial charge in [-0.1, -0.05) is 0 Å². The van der Waals surface area contributed by atoms with Crippen molar-refractivity contribution in [3.8, 4) is 0 Å². The van der Waals surface area contributed by atoms with E-state index in [0.29, 0.717) is 13.0 Å². The van der Waals surface area contributed by atoms with Gasteiger partial charge in [-0.15, -0.1) is 0 Å². The molecule has 1 rings (SSSR count). The van der Waals surface area contributed by atoms with Crippen molar-refractivity contribution in [2.24, 2.45) is 0 Å². The molecule has 0 radical (unpaired) electrons. The van der Waals surface area contributed by atoms with Crippen LogP contribution in [0.15, 0.2) is 29.2 Å². The van der Waals surface area contributed by atoms with Crippen molar-refractivity contribution >= 4 is 25.5 Å². The molecule has 0 saturated carbocycles. The predicted octanol–water partition coefficient (Wildman–Crippen LogP) is 0.783. The van der Waals surface area contributed by atoms with Gasteiger partial charge in [-0.3, -0.25) is 0 Å². The van der Waals surface area contributed by atoms with Gasteiger partial charge in [0.1, 0.15) is 9.84 Å². The number of rotatable bonds is 7. The van der Waals surface area contributed by atoms with Gasteiger partial charge in [-0.05, 0) is 30.7 Å². The molecule has 0 saturated heterocycles. The molecule has 6 nitrogen and oxygen atoms in total. The van der Waals surface area contributed by atoms with Crippen LogP contribution in [0.1, 0.15) is 6.42 Å². The zero-order valence-corrected chi connectivity index (χ0v) is 13.5. The van der Waals surface area contributed by atoms with Gasteiger partial charge < -0.3 is 5.32 Å². The third kappa shape index (κ3) is 5.10. The molecule has 8 heteroatoms. The molecule has 0 spiro atoms. The molecule has 114 valence electrons. The minimum atomic E-state index is -3.41. The van der Waals surface area contributed by atoms with Crippen molar-refractivity contribution in [2.75, 3.05) is 38.0 Å². The first kappa shape index (κ1) is 16.9. The summed E-state index contributed by atoms with van der Waals surface area (Å²) in [4.78, 5) is 0.226. The lowest BCUT2D eigenvalue weighted by Gasteiger charge is -2.12. The van der Waals surface area contributed by atoms with Crippen molar-refractivity contribution in [1.29, 1.82) is 0 Å². The van der Waals surface area contributed by atoms with Gasteiger partial charge in [-0.2, -0.15) is 0 Å². The number of sulfonamides is 1. The standard InChI is InChI=1S/C12H20N2O4S2/c1-14(2)20(17,18)12-7-5-11(6-8-12)13-9-4-10-19(3,15)16/h5-8,13H,4,9-10H2,1-3H3. The van der Waals surface area contributed by atoms with Crippen molar-refractivity contribution in [1.82, 2.24) is 4.31 Å². The molecule has 0 aliphatic heterocycles. The van der Waals surface area contributed by atoms with Crippen LogP contribution in [0.25, 0.3) is 0 Å². The minimum absolute atomic E-state index is 0.132. The van der Waals surface area contributed by atoms with Crippen LogP contribution in [0.2, 0.25) is 0 Å². The Morgan fingerprint density at radius 2 is 1.60 bits per heavy atom. The van der Waals surface area contributed by atoms with E-state index in [4.69, 9.17) is 0 Å². The first-order valence-corrected chi connectivity index (χ1v) is 9.57. The van der Waals surface area contributed by atoms with Crippen molar-refractivity contribution in [3.05, 3.63) is 24.3 Å². The summed E-state index contributed by atoms with van der Waals surface area (Å²) in [5.41, 5.74) is 0.760. The Balaban J connectivity index is 2.60. The molecule has 0 aliphatic carbocycles. The first-order chi connectivity index (χ1) is 9.13. The highest BCUT2D eigenvalue weighted by Gasteiger charge is 2.16. The van der Waals surface area contributed by atoms with Gasteiger partial charge in [0.15, 0.2) is 0 Å². The lowest BCUT2D eigenvalue weighted by Crippen LogP contribution is -2.22. The van der Waals surface area contributed by atoms with Gasteiger partial charge in [-0.25, -0.2) is 21.1 Å². The van der Waals surface area contributed by atoms with Crippen LogP contribution >= 0.6 is 0 Å². The Hall–Kier alpha value is -1.12. The molecular weight excluding hydrogens is 300 g/mol. The van der Waals surface area contributed by atoms with E-state index < -0.39 is 19.9 Å². The maximum atomic E-state index is 11.9. The Morgan fingerprint density at radius 1 is 1.05 bits per heavy atom. The summed E-state index contributed by atoms with van der Waals surface area (Å²) >= 11 is 0. The smallest absolute Gasteiger partial charge is 0.242 e. The van der Waals surface area contributed by atoms with Crippen molar-refractivity contribution in [2.45, 2.75) is 11.3 Å². The quantitative estimate of drug-likeness (QED) is 0.751. The topological polar surface area (TPSA) is 83.6 Å². The normalized spacial score (nSPS) is 12.6. The van der Waals surface area contributed by atoms with E-state index >= 15 is 0 Å². The van der Waals surface area contributed by atoms with Gasteiger partial charge in [0.05, 0.1) is 10.6 Å². The fourth-order valence-corrected chi connectivity index (χ4v) is 3.09. The van der Waals surface area contributed by atoms with Gasteiger partial charge in [0.2, 0.25) is 10.0 Å². The summed E-state index contributed by atoms with van der Waals surface area (Å²) in [6.45, 7) is 0.521. The number of hydrogen-bond donors (Lipinski definition) is 1. The van der Waals surface area contributed by atoms with Crippen LogP contribution in [-0.4, -0.2) is 53.8 Å². The van der Waals surface area contributed by atoms with Gasteiger partial charge in [0.25, 0.3) is 0 Å². The second kappa shape index (κ2) is 6.55. The van der Waals surface area contributed by atoms with E-state index in [1.165, 1.54) is 32.5 Å². The van der Waals surface area contributed by atoms with E-state index in [2.05, 4.69) is 5.32 Å². The molecule has 1 aromatic carbocycles. The molecule has 0 atom stereocenters. The number of nitrogens with zero attached hydrogens (tertiary/aromatic N) is 1. The molecule has 1 N–H and O–H groups in total. The molecule has 20 heavy (non-hydrogen) atoms. The molecule has 0 unspecified atom stereocenters. The number of benzene rings is 1. The number of anilines is 1. The summed E-state index contributed by atoms with van der Waals surface area (Å²) in [5, 5.41) is 3.05. The average Bonchev–Trinajstić information content (AvgIpc) is 2.34. The average molecular weight is 320 g/mol. The summed E-state index contributed by atoms with van der Waals surface area (Å²) in [6, 6.07) is 6.37. The number of hydrogen-bond acceptors (Lipinski definition) is 5. The number of nitrogens with one attached hydrogen (secondary N) is 1. The highest BCUT2D eigenvalue weighted by Crippen LogP contribution is 2.16. The maximum absolute atomic E-state index is 11.9. The molecule has 0 amide bonds. The third-order valence-electron chi connectivity index (χ3n) is 2.65. The summed E-state index contributed by atoms with van der Waals surface area (Å²) in [5.74, 6) is 0.132. The number of sulfone groups is 1. The summed E-state index contributed by atoms with van der Waals surface area (Å²) in [7, 11) is -3.39. The van der Waals surface area contributed by atoms with Crippen molar-refractivity contribution in [3.63, 3.8) is 0 Å². The van der Waals surface area contributed by atoms with Gasteiger partial charge >= 0.3 is 0 Å². The second-order valence-corrected chi connectivity index (χ2v) is 9.13. The molecular formula is C12H20N2O4S2. The van der Waals surface area contributed by atoms with Crippen LogP contribution in [-0.2, 0) is 19.9 Å². The highest BCUT2D eigenvalue weighted by molar-refractivity contribution is 7.90. The molecule has 0 fully saturated rings. The fourth-order valence-electron chi connectivity index (χ4n) is 1.52. The molecule has 0 aliphatic rings. The second-order valence-electron chi connectivity index (χ2n) is 4.72. The van der Waals surface area contributed by atoms with E-state index in [-0.39, 0.29) is 10.6 Å². The lowest BCUT2D eigenvalue weighted by atomic mass is 10.3. The Labute approximate surface area is 120 Å². The monoisotopic (exact) mass is 320 g/mol. The van der Waals surface area contributed by atoms with Crippen LogP contribution in [0, 0.1) is 0 Å². The van der Waals surface area contributed by atoms with Crippen LogP contribution < -0.4 is 5.32 Å². The highest BCUT2D eigenvalue weighted by atomic mass is 32.2. The molecule has 1 aromatic rings. The largest absolute Gasteiger partial charge is 0.385 e. The minimum Gasteiger partial charge on any atom is -0.385 e. The SMILES string of the molecule is CN(C)S(=O)(=O)c1ccc(NCCCS(C)(=O)=O)cc1. The Kier molecular flexibility index (Phi) is 5.55. The summed E-state index contributed by atoms with van der Waals surface area (Å²) in [6.07, 6.45) is 1.71. The lowest BCUT2D eigenvalue weighted by molar-refractivity contribution is 0.521. The zero-order chi connectivity index (χ0) is 15.4. The van der Waals surface area contributed by atoms with Gasteiger partial charge in [0, 0.05) is 32.6 Å². The van der Waals surface area contributed by atoms with E-state index in [9.17, 15) is 16.8 Å². The zero-order valence-electron chi connectivity index (χ0n) is 11.8. The Morgan fingerprint density at radius 3 is 2.05 bits per heavy atom. The van der Waals surface area contributed by atoms with E-state index in [1.807, 2.05) is 0 Å². The molecule has 0 heterocycles. The van der Waals surface area contributed by atoms with E-state index in [1.54, 1.807) is 12.1 Å². The van der Waals surface area contributed by atoms with Crippen LogP contribution in [0.5, 0.6) is 0 Å². The summed E-state index contributed by atoms with van der Waals surface area (Å²) < 4.78 is 46.8. The van der Waals surface area contributed by atoms with Crippen molar-refractivity contribution < 1.29 is 16.8 Å². The van der Waals surface area contributed by atoms with Crippen LogP contribution in [0.3, 0.4) is 0 Å². The van der Waals surface area contributed by atoms with E-state index in [0.717, 1.165) is 9.99 Å². The molecule has 0 bridgehead atoms. The molecule has 0 aromatic heterocycles. The fraction of sp³-hybridized carbons (Fsp3) is 0.500.